The summed E-state index contributed by atoms with van der Waals surface area (Å²) in [7, 11) is 0. The molecule has 0 radical (unpaired) electrons. The van der Waals surface area contributed by atoms with Crippen molar-refractivity contribution < 1.29 is 14.3 Å². The Morgan fingerprint density at radius 1 is 0.824 bits per heavy atom. The van der Waals surface area contributed by atoms with E-state index in [4.69, 9.17) is 4.74 Å². The summed E-state index contributed by atoms with van der Waals surface area (Å²) in [6.45, 7) is 4.31. The average Bonchev–Trinajstić information content (AvgIpc) is 2.65. The van der Waals surface area contributed by atoms with Crippen molar-refractivity contribution in [2.75, 3.05) is 0 Å². The van der Waals surface area contributed by atoms with E-state index in [1.54, 1.807) is 0 Å². The van der Waals surface area contributed by atoms with Gasteiger partial charge in [0.2, 0.25) is 0 Å². The van der Waals surface area contributed by atoms with E-state index in [2.05, 4.69) is 26.0 Å². The van der Waals surface area contributed by atoms with Crippen LogP contribution in [0, 0.1) is 35.5 Å². The van der Waals surface area contributed by atoms with Gasteiger partial charge in [-0.3, -0.25) is 9.59 Å². The van der Waals surface area contributed by atoms with Crippen LogP contribution < -0.4 is 0 Å². The van der Waals surface area contributed by atoms with Gasteiger partial charge in [0.25, 0.3) is 0 Å². The summed E-state index contributed by atoms with van der Waals surface area (Å²) in [6, 6.07) is 0. The fourth-order valence-corrected chi connectivity index (χ4v) is 4.53. The van der Waals surface area contributed by atoms with Gasteiger partial charge in [-0.2, -0.15) is 0 Å². The highest BCUT2D eigenvalue weighted by Gasteiger charge is 2.64. The molecule has 88 valence electrons. The molecule has 3 heteroatoms. The van der Waals surface area contributed by atoms with E-state index in [0.717, 1.165) is 0 Å². The molecule has 1 heterocycles. The molecule has 5 aliphatic rings. The van der Waals surface area contributed by atoms with Gasteiger partial charge in [0.15, 0.2) is 0 Å². The van der Waals surface area contributed by atoms with E-state index >= 15 is 0 Å². The van der Waals surface area contributed by atoms with Gasteiger partial charge in [0.05, 0.1) is 11.8 Å². The van der Waals surface area contributed by atoms with Crippen LogP contribution in [0.25, 0.3) is 0 Å². The first-order valence-electron chi connectivity index (χ1n) is 6.22. The molecular formula is C14H14O3. The summed E-state index contributed by atoms with van der Waals surface area (Å²) in [5, 5.41) is 0. The summed E-state index contributed by atoms with van der Waals surface area (Å²) in [5.41, 5.74) is 2.83. The zero-order valence-corrected chi connectivity index (χ0v) is 9.84. The number of allylic oxidation sites excluding steroid dienone is 4. The quantitative estimate of drug-likeness (QED) is 0.361. The molecule has 6 atom stereocenters. The molecule has 5 rings (SSSR count). The highest BCUT2D eigenvalue weighted by molar-refractivity contribution is 5.98. The highest BCUT2D eigenvalue weighted by atomic mass is 16.6. The minimum Gasteiger partial charge on any atom is -0.393 e. The maximum absolute atomic E-state index is 11.8. The van der Waals surface area contributed by atoms with Crippen molar-refractivity contribution in [3.63, 3.8) is 0 Å². The first-order chi connectivity index (χ1) is 8.11. The lowest BCUT2D eigenvalue weighted by Gasteiger charge is -2.56. The minimum atomic E-state index is -0.296. The van der Waals surface area contributed by atoms with Gasteiger partial charge in [-0.05, 0) is 37.5 Å². The van der Waals surface area contributed by atoms with Crippen molar-refractivity contribution in [1.82, 2.24) is 0 Å². The van der Waals surface area contributed by atoms with Gasteiger partial charge >= 0.3 is 11.9 Å². The van der Waals surface area contributed by atoms with E-state index in [1.165, 1.54) is 11.1 Å². The summed E-state index contributed by atoms with van der Waals surface area (Å²) in [6.07, 6.45) is 4.28. The fraction of sp³-hybridized carbons (Fsp3) is 0.571. The zero-order valence-electron chi connectivity index (χ0n) is 9.84. The molecule has 0 aromatic carbocycles. The number of carbonyl (C=O) groups is 2. The topological polar surface area (TPSA) is 43.4 Å². The second kappa shape index (κ2) is 2.71. The predicted octanol–water partition coefficient (Wildman–Crippen LogP) is 1.70. The maximum Gasteiger partial charge on any atom is 0.318 e. The Labute approximate surface area is 99.5 Å². The SMILES string of the molecule is CC1=C(C)C2C3C=CC(C4C(=O)OC(=O)C34)C12. The molecule has 6 unspecified atom stereocenters. The van der Waals surface area contributed by atoms with Crippen LogP contribution in [0.4, 0.5) is 0 Å². The molecule has 0 aromatic rings. The lowest BCUT2D eigenvalue weighted by molar-refractivity contribution is -0.154. The second-order valence-electron chi connectivity index (χ2n) is 5.75. The van der Waals surface area contributed by atoms with Crippen molar-refractivity contribution in [1.29, 1.82) is 0 Å². The standard InChI is InChI=1S/C14H14O3/c1-5-6(2)10-8-4-3-7(9(5)10)11-12(8)14(16)17-13(11)15/h3-4,7-12H,1-2H3. The van der Waals surface area contributed by atoms with Crippen LogP contribution in [0.1, 0.15) is 13.8 Å². The van der Waals surface area contributed by atoms with Crippen molar-refractivity contribution in [2.24, 2.45) is 35.5 Å². The molecule has 17 heavy (non-hydrogen) atoms. The molecule has 3 nitrogen and oxygen atoms in total. The highest BCUT2D eigenvalue weighted by Crippen LogP contribution is 2.63. The molecule has 0 spiro atoms. The van der Waals surface area contributed by atoms with Crippen LogP contribution in [0.3, 0.4) is 0 Å². The Morgan fingerprint density at radius 3 is 1.65 bits per heavy atom. The van der Waals surface area contributed by atoms with Gasteiger partial charge in [0.1, 0.15) is 0 Å². The predicted molar refractivity (Wildman–Crippen MR) is 59.6 cm³/mol. The molecule has 2 bridgehead atoms. The van der Waals surface area contributed by atoms with Crippen LogP contribution in [0.2, 0.25) is 0 Å². The Kier molecular flexibility index (Phi) is 1.54. The van der Waals surface area contributed by atoms with Crippen LogP contribution >= 0.6 is 0 Å². The van der Waals surface area contributed by atoms with Gasteiger partial charge in [-0.15, -0.1) is 0 Å². The normalized spacial score (nSPS) is 50.0. The number of rotatable bonds is 0. The van der Waals surface area contributed by atoms with Crippen molar-refractivity contribution >= 4 is 11.9 Å². The second-order valence-corrected chi connectivity index (χ2v) is 5.75. The third-order valence-corrected chi connectivity index (χ3v) is 5.36. The largest absolute Gasteiger partial charge is 0.393 e. The number of hydrogen-bond donors (Lipinski definition) is 0. The minimum absolute atomic E-state index is 0.192. The van der Waals surface area contributed by atoms with Crippen molar-refractivity contribution in [3.05, 3.63) is 23.3 Å². The summed E-state index contributed by atoms with van der Waals surface area (Å²) in [4.78, 5) is 23.6. The van der Waals surface area contributed by atoms with E-state index in [0.29, 0.717) is 11.8 Å². The van der Waals surface area contributed by atoms with Crippen LogP contribution in [-0.2, 0) is 14.3 Å². The monoisotopic (exact) mass is 230 g/mol. The van der Waals surface area contributed by atoms with Gasteiger partial charge < -0.3 is 4.74 Å². The molecule has 4 aliphatic carbocycles. The number of ether oxygens (including phenoxy) is 1. The van der Waals surface area contributed by atoms with Crippen LogP contribution in [-0.4, -0.2) is 11.9 Å². The molecule has 0 N–H and O–H groups in total. The Balaban J connectivity index is 1.86. The van der Waals surface area contributed by atoms with E-state index in [1.807, 2.05) is 0 Å². The van der Waals surface area contributed by atoms with Crippen LogP contribution in [0.5, 0.6) is 0 Å². The molecule has 2 fully saturated rings. The Morgan fingerprint density at radius 2 is 1.24 bits per heavy atom. The van der Waals surface area contributed by atoms with Gasteiger partial charge in [0, 0.05) is 0 Å². The molecular weight excluding hydrogens is 216 g/mol. The molecule has 0 aromatic heterocycles. The first kappa shape index (κ1) is 9.63. The first-order valence-corrected chi connectivity index (χ1v) is 6.22. The average molecular weight is 230 g/mol. The van der Waals surface area contributed by atoms with Crippen LogP contribution in [0.15, 0.2) is 23.3 Å². The van der Waals surface area contributed by atoms with Gasteiger partial charge in [-0.25, -0.2) is 0 Å². The van der Waals surface area contributed by atoms with Crippen molar-refractivity contribution in [3.8, 4) is 0 Å². The van der Waals surface area contributed by atoms with E-state index in [-0.39, 0.29) is 35.6 Å². The lowest BCUT2D eigenvalue weighted by Crippen LogP contribution is -2.54. The lowest BCUT2D eigenvalue weighted by atomic mass is 9.46. The zero-order chi connectivity index (χ0) is 11.9. The fourth-order valence-electron chi connectivity index (χ4n) is 4.53. The summed E-state index contributed by atoms with van der Waals surface area (Å²) < 4.78 is 4.85. The number of hydrogen-bond acceptors (Lipinski definition) is 3. The Bertz CT molecular complexity index is 470. The van der Waals surface area contributed by atoms with E-state index < -0.39 is 0 Å². The molecule has 1 aliphatic heterocycles. The molecule has 1 saturated carbocycles. The van der Waals surface area contributed by atoms with E-state index in [9.17, 15) is 9.59 Å². The number of cyclic esters (lactones) is 2. The smallest absolute Gasteiger partial charge is 0.318 e. The molecule has 0 amide bonds. The summed E-state index contributed by atoms with van der Waals surface area (Å²) >= 11 is 0. The summed E-state index contributed by atoms with van der Waals surface area (Å²) in [5.74, 6) is 0.332. The Hall–Kier alpha value is -1.38. The third-order valence-electron chi connectivity index (χ3n) is 5.36. The van der Waals surface area contributed by atoms with Gasteiger partial charge in [-0.1, -0.05) is 23.3 Å². The number of carbonyl (C=O) groups excluding carboxylic acids is 2. The molecule has 1 saturated heterocycles. The maximum atomic E-state index is 11.8. The number of esters is 2. The van der Waals surface area contributed by atoms with Crippen molar-refractivity contribution in [2.45, 2.75) is 13.8 Å². The third kappa shape index (κ3) is 0.874.